The molecule has 0 aromatic rings. The van der Waals surface area contributed by atoms with Gasteiger partial charge in [-0.2, -0.15) is 0 Å². The molecule has 2 heteroatoms. The molecule has 18 heavy (non-hydrogen) atoms. The Bertz CT molecular complexity index is 487. The van der Waals surface area contributed by atoms with Gasteiger partial charge in [-0.05, 0) is 46.2 Å². The zero-order valence-electron chi connectivity index (χ0n) is 10.8. The van der Waals surface area contributed by atoms with Crippen molar-refractivity contribution in [3.05, 3.63) is 57.3 Å². The number of hydrogen-bond acceptors (Lipinski definition) is 0. The number of fused-ring (bicyclic) bond motifs is 1. The molecule has 0 aliphatic heterocycles. The van der Waals surface area contributed by atoms with Crippen LogP contribution in [0.3, 0.4) is 0 Å². The summed E-state index contributed by atoms with van der Waals surface area (Å²) in [6.07, 6.45) is 12.5. The average Bonchev–Trinajstić information content (AvgIpc) is 2.54. The maximum absolute atomic E-state index is 4.03. The third kappa shape index (κ3) is 2.42. The molecular formula is C16H18I2. The van der Waals surface area contributed by atoms with Crippen LogP contribution in [0.15, 0.2) is 57.3 Å². The van der Waals surface area contributed by atoms with Gasteiger partial charge in [-0.15, -0.1) is 0 Å². The number of hydrogen-bond donors (Lipinski definition) is 0. The predicted molar refractivity (Wildman–Crippen MR) is 97.3 cm³/mol. The van der Waals surface area contributed by atoms with Crippen molar-refractivity contribution < 1.29 is 0 Å². The highest BCUT2D eigenvalue weighted by Crippen LogP contribution is 2.54. The molecule has 0 heterocycles. The van der Waals surface area contributed by atoms with Gasteiger partial charge in [0.05, 0.1) is 0 Å². The lowest BCUT2D eigenvalue weighted by Gasteiger charge is -2.27. The number of allylic oxidation sites excluding steroid dienone is 9. The zero-order chi connectivity index (χ0) is 13.3. The van der Waals surface area contributed by atoms with E-state index >= 15 is 0 Å². The first kappa shape index (κ1) is 14.6. The molecule has 0 N–H and O–H groups in total. The Morgan fingerprint density at radius 2 is 2.22 bits per heavy atom. The molecule has 2 aliphatic rings. The van der Waals surface area contributed by atoms with Crippen molar-refractivity contribution >= 4 is 45.2 Å². The van der Waals surface area contributed by atoms with Crippen LogP contribution >= 0.6 is 45.2 Å². The Morgan fingerprint density at radius 3 is 2.83 bits per heavy atom. The third-order valence-corrected chi connectivity index (χ3v) is 5.15. The summed E-state index contributed by atoms with van der Waals surface area (Å²) < 4.78 is 2.43. The fourth-order valence-corrected chi connectivity index (χ4v) is 3.87. The molecule has 1 unspecified atom stereocenters. The van der Waals surface area contributed by atoms with E-state index in [0.717, 1.165) is 10.8 Å². The van der Waals surface area contributed by atoms with Gasteiger partial charge in [0, 0.05) is 19.3 Å². The van der Waals surface area contributed by atoms with E-state index in [0.29, 0.717) is 5.92 Å². The number of alkyl halides is 1. The van der Waals surface area contributed by atoms with E-state index in [-0.39, 0.29) is 5.41 Å². The second-order valence-electron chi connectivity index (χ2n) is 5.23. The Labute approximate surface area is 137 Å². The summed E-state index contributed by atoms with van der Waals surface area (Å²) in [6.45, 7) is 8.68. The Kier molecular flexibility index (Phi) is 4.57. The average molecular weight is 464 g/mol. The second kappa shape index (κ2) is 5.65. The first-order valence-electron chi connectivity index (χ1n) is 6.19. The maximum atomic E-state index is 4.03. The molecule has 0 radical (unpaired) electrons. The fraction of sp³-hybridized carbons (Fsp3) is 0.375. The number of rotatable bonds is 3. The van der Waals surface area contributed by atoms with Crippen LogP contribution in [0.1, 0.15) is 20.3 Å². The van der Waals surface area contributed by atoms with Crippen LogP contribution in [0, 0.1) is 11.3 Å². The first-order chi connectivity index (χ1) is 8.52. The maximum Gasteiger partial charge on any atom is 0.0179 e. The van der Waals surface area contributed by atoms with Crippen molar-refractivity contribution in [3.63, 3.8) is 0 Å². The molecule has 0 amide bonds. The summed E-state index contributed by atoms with van der Waals surface area (Å²) in [7, 11) is 0. The molecule has 0 saturated heterocycles. The van der Waals surface area contributed by atoms with Crippen LogP contribution < -0.4 is 0 Å². The lowest BCUT2D eigenvalue weighted by molar-refractivity contribution is 0.529. The van der Waals surface area contributed by atoms with E-state index in [1.807, 2.05) is 0 Å². The summed E-state index contributed by atoms with van der Waals surface area (Å²) >= 11 is 4.82. The zero-order valence-corrected chi connectivity index (χ0v) is 15.2. The van der Waals surface area contributed by atoms with Gasteiger partial charge in [0.2, 0.25) is 0 Å². The molecule has 0 nitrogen and oxygen atoms in total. The minimum atomic E-state index is 0.127. The van der Waals surface area contributed by atoms with Gasteiger partial charge >= 0.3 is 0 Å². The quantitative estimate of drug-likeness (QED) is 0.368. The van der Waals surface area contributed by atoms with Gasteiger partial charge in [-0.25, -0.2) is 0 Å². The summed E-state index contributed by atoms with van der Waals surface area (Å²) in [5, 5.41) is 0. The van der Waals surface area contributed by atoms with Crippen LogP contribution in [-0.4, -0.2) is 4.43 Å². The van der Waals surface area contributed by atoms with Crippen molar-refractivity contribution in [1.29, 1.82) is 0 Å². The molecule has 2 aliphatic carbocycles. The fourth-order valence-electron chi connectivity index (χ4n) is 3.03. The Hall–Kier alpha value is 0.160. The van der Waals surface area contributed by atoms with Crippen molar-refractivity contribution in [3.8, 4) is 0 Å². The van der Waals surface area contributed by atoms with E-state index in [1.165, 1.54) is 14.7 Å². The normalized spacial score (nSPS) is 26.1. The predicted octanol–water partition coefficient (Wildman–Crippen LogP) is 5.77. The molecule has 96 valence electrons. The molecule has 0 saturated carbocycles. The topological polar surface area (TPSA) is 0 Å². The van der Waals surface area contributed by atoms with Crippen molar-refractivity contribution in [2.45, 2.75) is 20.3 Å². The Morgan fingerprint density at radius 1 is 1.50 bits per heavy atom. The molecule has 1 atom stereocenters. The molecule has 0 bridgehead atoms. The van der Waals surface area contributed by atoms with Gasteiger partial charge in [-0.3, -0.25) is 0 Å². The third-order valence-electron chi connectivity index (χ3n) is 3.89. The largest absolute Gasteiger partial charge is 0.0987 e. The van der Waals surface area contributed by atoms with E-state index in [9.17, 15) is 0 Å². The van der Waals surface area contributed by atoms with Crippen LogP contribution in [0.2, 0.25) is 0 Å². The van der Waals surface area contributed by atoms with Crippen LogP contribution in [0.5, 0.6) is 0 Å². The number of halogens is 2. The molecule has 2 rings (SSSR count). The van der Waals surface area contributed by atoms with Gasteiger partial charge in [-0.1, -0.05) is 72.9 Å². The summed E-state index contributed by atoms with van der Waals surface area (Å²) in [6, 6.07) is 0. The monoisotopic (exact) mass is 464 g/mol. The van der Waals surface area contributed by atoms with Gasteiger partial charge in [0.15, 0.2) is 0 Å². The minimum absolute atomic E-state index is 0.127. The molecule has 0 aromatic heterocycles. The lowest BCUT2D eigenvalue weighted by Crippen LogP contribution is -2.16. The SMILES string of the molecule is C=CC1=C(/C=C\CI)C2CC=C(I)C=C2C1(C)C. The highest BCUT2D eigenvalue weighted by atomic mass is 127. The minimum Gasteiger partial charge on any atom is -0.0987 e. The second-order valence-corrected chi connectivity index (χ2v) is 7.36. The molecular weight excluding hydrogens is 446 g/mol. The first-order valence-corrected chi connectivity index (χ1v) is 8.80. The van der Waals surface area contributed by atoms with Gasteiger partial charge in [0.1, 0.15) is 0 Å². The standard InChI is InChI=1S/C16H18I2/c1-4-14-12(6-5-9-17)13-8-7-11(18)10-15(13)16(14,2)3/h4-7,10,13H,1,8-9H2,2-3H3/b6-5-. The summed E-state index contributed by atoms with van der Waals surface area (Å²) in [5.74, 6) is 0.561. The van der Waals surface area contributed by atoms with Crippen molar-refractivity contribution in [2.24, 2.45) is 11.3 Å². The van der Waals surface area contributed by atoms with E-state index < -0.39 is 0 Å². The smallest absolute Gasteiger partial charge is 0.0179 e. The van der Waals surface area contributed by atoms with E-state index in [2.05, 4.69) is 96.0 Å². The Balaban J connectivity index is 2.53. The summed E-state index contributed by atoms with van der Waals surface area (Å²) in [4.78, 5) is 0. The van der Waals surface area contributed by atoms with E-state index in [1.54, 1.807) is 5.57 Å². The van der Waals surface area contributed by atoms with Crippen LogP contribution in [-0.2, 0) is 0 Å². The molecule has 0 spiro atoms. The van der Waals surface area contributed by atoms with E-state index in [4.69, 9.17) is 0 Å². The highest BCUT2D eigenvalue weighted by molar-refractivity contribution is 14.1. The van der Waals surface area contributed by atoms with Gasteiger partial charge < -0.3 is 0 Å². The van der Waals surface area contributed by atoms with Gasteiger partial charge in [0.25, 0.3) is 0 Å². The highest BCUT2D eigenvalue weighted by Gasteiger charge is 2.41. The van der Waals surface area contributed by atoms with Crippen LogP contribution in [0.4, 0.5) is 0 Å². The van der Waals surface area contributed by atoms with Crippen LogP contribution in [0.25, 0.3) is 0 Å². The molecule has 0 aromatic carbocycles. The van der Waals surface area contributed by atoms with Crippen molar-refractivity contribution in [1.82, 2.24) is 0 Å². The summed E-state index contributed by atoms with van der Waals surface area (Å²) in [5.41, 5.74) is 4.55. The molecule has 0 fully saturated rings. The van der Waals surface area contributed by atoms with Crippen molar-refractivity contribution in [2.75, 3.05) is 4.43 Å². The lowest BCUT2D eigenvalue weighted by atomic mass is 9.77.